The van der Waals surface area contributed by atoms with Gasteiger partial charge < -0.3 is 0 Å². The molecule has 4 rings (SSSR count). The third-order valence-electron chi connectivity index (χ3n) is 4.44. The second-order valence-corrected chi connectivity index (χ2v) is 6.10. The SMILES string of the molecule is CCCc1cc(-c2ccc(F)cc2)nc2ccc3ccccc3c12. The second-order valence-electron chi connectivity index (χ2n) is 6.10. The van der Waals surface area contributed by atoms with Gasteiger partial charge in [-0.15, -0.1) is 0 Å². The van der Waals surface area contributed by atoms with E-state index in [4.69, 9.17) is 4.98 Å². The molecule has 24 heavy (non-hydrogen) atoms. The van der Waals surface area contributed by atoms with Crippen LogP contribution in [-0.2, 0) is 6.42 Å². The number of fused-ring (bicyclic) bond motifs is 3. The third kappa shape index (κ3) is 2.54. The van der Waals surface area contributed by atoms with Gasteiger partial charge in [0.25, 0.3) is 0 Å². The molecule has 0 atom stereocenters. The summed E-state index contributed by atoms with van der Waals surface area (Å²) in [6.45, 7) is 2.19. The quantitative estimate of drug-likeness (QED) is 0.413. The van der Waals surface area contributed by atoms with Crippen LogP contribution in [0.5, 0.6) is 0 Å². The summed E-state index contributed by atoms with van der Waals surface area (Å²) in [5, 5.41) is 3.72. The zero-order chi connectivity index (χ0) is 16.5. The Morgan fingerprint density at radius 3 is 2.50 bits per heavy atom. The molecular formula is C22H18FN. The number of hydrogen-bond acceptors (Lipinski definition) is 1. The zero-order valence-corrected chi connectivity index (χ0v) is 13.6. The molecule has 1 aromatic heterocycles. The third-order valence-corrected chi connectivity index (χ3v) is 4.44. The molecular weight excluding hydrogens is 297 g/mol. The minimum atomic E-state index is -0.223. The number of benzene rings is 3. The zero-order valence-electron chi connectivity index (χ0n) is 13.6. The predicted molar refractivity (Wildman–Crippen MR) is 98.6 cm³/mol. The van der Waals surface area contributed by atoms with Crippen molar-refractivity contribution in [1.29, 1.82) is 0 Å². The Morgan fingerprint density at radius 2 is 1.71 bits per heavy atom. The van der Waals surface area contributed by atoms with Gasteiger partial charge in [0.05, 0.1) is 11.2 Å². The Hall–Kier alpha value is -2.74. The van der Waals surface area contributed by atoms with Crippen molar-refractivity contribution in [2.45, 2.75) is 19.8 Å². The highest BCUT2D eigenvalue weighted by atomic mass is 19.1. The predicted octanol–water partition coefficient (Wildman–Crippen LogP) is 6.15. The summed E-state index contributed by atoms with van der Waals surface area (Å²) < 4.78 is 13.2. The highest BCUT2D eigenvalue weighted by Crippen LogP contribution is 2.31. The average Bonchev–Trinajstić information content (AvgIpc) is 2.62. The van der Waals surface area contributed by atoms with Gasteiger partial charge in [-0.05, 0) is 59.2 Å². The Morgan fingerprint density at radius 1 is 0.917 bits per heavy atom. The fourth-order valence-corrected chi connectivity index (χ4v) is 3.32. The van der Waals surface area contributed by atoms with Gasteiger partial charge in [-0.25, -0.2) is 9.37 Å². The number of hydrogen-bond donors (Lipinski definition) is 0. The van der Waals surface area contributed by atoms with E-state index in [0.29, 0.717) is 0 Å². The van der Waals surface area contributed by atoms with E-state index in [9.17, 15) is 4.39 Å². The lowest BCUT2D eigenvalue weighted by atomic mass is 9.96. The van der Waals surface area contributed by atoms with Crippen LogP contribution in [0.4, 0.5) is 4.39 Å². The number of aryl methyl sites for hydroxylation is 1. The maximum atomic E-state index is 13.2. The smallest absolute Gasteiger partial charge is 0.123 e. The lowest BCUT2D eigenvalue weighted by Crippen LogP contribution is -1.94. The first kappa shape index (κ1) is 14.8. The van der Waals surface area contributed by atoms with Gasteiger partial charge in [-0.1, -0.05) is 43.7 Å². The van der Waals surface area contributed by atoms with Gasteiger partial charge in [-0.3, -0.25) is 0 Å². The first-order valence-corrected chi connectivity index (χ1v) is 8.33. The van der Waals surface area contributed by atoms with Crippen LogP contribution in [0.3, 0.4) is 0 Å². The van der Waals surface area contributed by atoms with E-state index in [1.807, 2.05) is 0 Å². The lowest BCUT2D eigenvalue weighted by Gasteiger charge is -2.12. The molecule has 2 heteroatoms. The number of halogens is 1. The topological polar surface area (TPSA) is 12.9 Å². The van der Waals surface area contributed by atoms with Crippen LogP contribution in [0.1, 0.15) is 18.9 Å². The normalized spacial score (nSPS) is 11.2. The molecule has 0 saturated heterocycles. The second kappa shape index (κ2) is 6.04. The Balaban J connectivity index is 2.02. The van der Waals surface area contributed by atoms with Crippen molar-refractivity contribution in [3.8, 4) is 11.3 Å². The molecule has 118 valence electrons. The monoisotopic (exact) mass is 315 g/mol. The molecule has 0 bridgehead atoms. The van der Waals surface area contributed by atoms with Crippen LogP contribution < -0.4 is 0 Å². The molecule has 0 spiro atoms. The van der Waals surface area contributed by atoms with Gasteiger partial charge in [0.2, 0.25) is 0 Å². The van der Waals surface area contributed by atoms with E-state index in [1.165, 1.54) is 33.9 Å². The number of aromatic nitrogens is 1. The highest BCUT2D eigenvalue weighted by molar-refractivity contribution is 6.08. The van der Waals surface area contributed by atoms with Crippen LogP contribution in [0.2, 0.25) is 0 Å². The Bertz CT molecular complexity index is 1020. The minimum Gasteiger partial charge on any atom is -0.248 e. The lowest BCUT2D eigenvalue weighted by molar-refractivity contribution is 0.628. The van der Waals surface area contributed by atoms with Crippen molar-refractivity contribution in [3.05, 3.63) is 78.1 Å². The Labute approximate surface area is 140 Å². The first-order chi connectivity index (χ1) is 11.8. The summed E-state index contributed by atoms with van der Waals surface area (Å²) in [4.78, 5) is 4.85. The summed E-state index contributed by atoms with van der Waals surface area (Å²) in [6, 6.07) is 21.4. The maximum Gasteiger partial charge on any atom is 0.123 e. The first-order valence-electron chi connectivity index (χ1n) is 8.33. The van der Waals surface area contributed by atoms with Crippen LogP contribution in [0.15, 0.2) is 66.7 Å². The Kier molecular flexibility index (Phi) is 3.73. The van der Waals surface area contributed by atoms with E-state index in [2.05, 4.69) is 49.4 Å². The highest BCUT2D eigenvalue weighted by Gasteiger charge is 2.10. The van der Waals surface area contributed by atoms with Gasteiger partial charge in [0, 0.05) is 10.9 Å². The fraction of sp³-hybridized carbons (Fsp3) is 0.136. The molecule has 0 aliphatic heterocycles. The van der Waals surface area contributed by atoms with Crippen molar-refractivity contribution in [2.24, 2.45) is 0 Å². The summed E-state index contributed by atoms with van der Waals surface area (Å²) >= 11 is 0. The van der Waals surface area contributed by atoms with E-state index in [1.54, 1.807) is 12.1 Å². The van der Waals surface area contributed by atoms with E-state index in [-0.39, 0.29) is 5.82 Å². The molecule has 3 aromatic carbocycles. The van der Waals surface area contributed by atoms with E-state index < -0.39 is 0 Å². The standard InChI is InChI=1S/C22H18FN/c1-2-5-17-14-21(16-8-11-18(23)12-9-16)24-20-13-10-15-6-3-4-7-19(15)22(17)20/h3-4,6-14H,2,5H2,1H3. The molecule has 4 aromatic rings. The summed E-state index contributed by atoms with van der Waals surface area (Å²) in [7, 11) is 0. The van der Waals surface area contributed by atoms with Crippen molar-refractivity contribution in [3.63, 3.8) is 0 Å². The largest absolute Gasteiger partial charge is 0.248 e. The number of pyridine rings is 1. The van der Waals surface area contributed by atoms with Gasteiger partial charge >= 0.3 is 0 Å². The van der Waals surface area contributed by atoms with E-state index in [0.717, 1.165) is 29.6 Å². The van der Waals surface area contributed by atoms with Gasteiger partial charge in [0.1, 0.15) is 5.82 Å². The number of nitrogens with zero attached hydrogens (tertiary/aromatic N) is 1. The van der Waals surface area contributed by atoms with Crippen LogP contribution in [0.25, 0.3) is 32.9 Å². The van der Waals surface area contributed by atoms with Crippen LogP contribution in [0, 0.1) is 5.82 Å². The van der Waals surface area contributed by atoms with Crippen molar-refractivity contribution < 1.29 is 4.39 Å². The van der Waals surface area contributed by atoms with Crippen LogP contribution in [-0.4, -0.2) is 4.98 Å². The molecule has 0 saturated carbocycles. The molecule has 0 fully saturated rings. The summed E-state index contributed by atoms with van der Waals surface area (Å²) in [6.07, 6.45) is 2.08. The molecule has 0 aliphatic carbocycles. The van der Waals surface area contributed by atoms with Gasteiger partial charge in [0.15, 0.2) is 0 Å². The van der Waals surface area contributed by atoms with Crippen molar-refractivity contribution in [1.82, 2.24) is 4.98 Å². The molecule has 1 heterocycles. The molecule has 1 nitrogen and oxygen atoms in total. The molecule has 0 unspecified atom stereocenters. The van der Waals surface area contributed by atoms with Crippen molar-refractivity contribution >= 4 is 21.7 Å². The van der Waals surface area contributed by atoms with Crippen LogP contribution >= 0.6 is 0 Å². The summed E-state index contributed by atoms with van der Waals surface area (Å²) in [5.41, 5.74) is 4.16. The molecule has 0 aliphatic rings. The van der Waals surface area contributed by atoms with E-state index >= 15 is 0 Å². The minimum absolute atomic E-state index is 0.223. The molecule has 0 radical (unpaired) electrons. The average molecular weight is 315 g/mol. The summed E-state index contributed by atoms with van der Waals surface area (Å²) in [5.74, 6) is -0.223. The fourth-order valence-electron chi connectivity index (χ4n) is 3.32. The van der Waals surface area contributed by atoms with Crippen molar-refractivity contribution in [2.75, 3.05) is 0 Å². The number of rotatable bonds is 3. The molecule has 0 N–H and O–H groups in total. The maximum absolute atomic E-state index is 13.2. The molecule has 0 amide bonds. The van der Waals surface area contributed by atoms with Gasteiger partial charge in [-0.2, -0.15) is 0 Å².